The number of carbonyl (C=O) groups is 2. The van der Waals surface area contributed by atoms with E-state index in [2.05, 4.69) is 5.32 Å². The second-order valence-electron chi connectivity index (χ2n) is 5.11. The molecule has 7 nitrogen and oxygen atoms in total. The van der Waals surface area contributed by atoms with Crippen molar-refractivity contribution in [1.82, 2.24) is 9.62 Å². The number of carboxylic acids is 1. The average molecular weight is 306 g/mol. The third kappa shape index (κ3) is 4.17. The summed E-state index contributed by atoms with van der Waals surface area (Å²) in [5.74, 6) is -1.36. The van der Waals surface area contributed by atoms with Gasteiger partial charge in [0.15, 0.2) is 0 Å². The van der Waals surface area contributed by atoms with E-state index in [4.69, 9.17) is 5.11 Å². The first kappa shape index (κ1) is 16.9. The summed E-state index contributed by atoms with van der Waals surface area (Å²) >= 11 is 0. The summed E-state index contributed by atoms with van der Waals surface area (Å²) in [4.78, 5) is 22.9. The predicted molar refractivity (Wildman–Crippen MR) is 73.7 cm³/mol. The summed E-state index contributed by atoms with van der Waals surface area (Å²) in [7, 11) is -3.32. The number of nitrogens with zero attached hydrogens (tertiary/aromatic N) is 1. The highest BCUT2D eigenvalue weighted by Crippen LogP contribution is 2.20. The van der Waals surface area contributed by atoms with Crippen LogP contribution in [-0.4, -0.2) is 54.1 Å². The van der Waals surface area contributed by atoms with Gasteiger partial charge in [-0.1, -0.05) is 13.8 Å². The number of aliphatic carboxylic acids is 1. The van der Waals surface area contributed by atoms with E-state index in [0.29, 0.717) is 25.8 Å². The van der Waals surface area contributed by atoms with Crippen molar-refractivity contribution in [2.24, 2.45) is 0 Å². The van der Waals surface area contributed by atoms with Crippen molar-refractivity contribution in [3.05, 3.63) is 0 Å². The molecule has 1 amide bonds. The quantitative estimate of drug-likeness (QED) is 0.698. The summed E-state index contributed by atoms with van der Waals surface area (Å²) in [5, 5.41) is 11.6. The van der Waals surface area contributed by atoms with Crippen LogP contribution < -0.4 is 5.32 Å². The highest BCUT2D eigenvalue weighted by molar-refractivity contribution is 7.89. The Balaban J connectivity index is 2.69. The summed E-state index contributed by atoms with van der Waals surface area (Å²) in [6, 6.07) is 0. The molecule has 1 aliphatic rings. The maximum atomic E-state index is 12.0. The van der Waals surface area contributed by atoms with E-state index in [9.17, 15) is 18.0 Å². The molecule has 1 rings (SSSR count). The molecule has 0 aromatic carbocycles. The van der Waals surface area contributed by atoms with E-state index in [1.54, 1.807) is 13.8 Å². The van der Waals surface area contributed by atoms with Crippen LogP contribution in [0.3, 0.4) is 0 Å². The molecule has 0 bridgehead atoms. The van der Waals surface area contributed by atoms with E-state index >= 15 is 0 Å². The maximum absolute atomic E-state index is 12.0. The number of carboxylic acid groups (broad SMARTS) is 1. The minimum absolute atomic E-state index is 0.0715. The van der Waals surface area contributed by atoms with Crippen LogP contribution in [0, 0.1) is 0 Å². The molecule has 20 heavy (non-hydrogen) atoms. The average Bonchev–Trinajstić information content (AvgIpc) is 2.67. The lowest BCUT2D eigenvalue weighted by atomic mass is 9.89. The number of hydrogen-bond acceptors (Lipinski definition) is 4. The van der Waals surface area contributed by atoms with E-state index in [1.807, 2.05) is 0 Å². The summed E-state index contributed by atoms with van der Waals surface area (Å²) in [6.45, 7) is 3.72. The van der Waals surface area contributed by atoms with Gasteiger partial charge in [0, 0.05) is 12.1 Å². The van der Waals surface area contributed by atoms with Gasteiger partial charge in [0.2, 0.25) is 15.9 Å². The van der Waals surface area contributed by atoms with Crippen LogP contribution in [0.4, 0.5) is 0 Å². The lowest BCUT2D eigenvalue weighted by molar-refractivity contribution is -0.139. The first-order chi connectivity index (χ1) is 9.24. The molecule has 0 saturated carbocycles. The Hall–Kier alpha value is -1.15. The molecule has 1 heterocycles. The first-order valence-corrected chi connectivity index (χ1v) is 8.36. The molecule has 1 aliphatic heterocycles. The zero-order valence-corrected chi connectivity index (χ0v) is 12.7. The fourth-order valence-corrected chi connectivity index (χ4v) is 3.85. The van der Waals surface area contributed by atoms with Gasteiger partial charge >= 0.3 is 5.97 Å². The first-order valence-electron chi connectivity index (χ1n) is 6.75. The molecule has 0 radical (unpaired) electrons. The SMILES string of the molecule is CCC(CC)(CC(=O)O)NC(=O)CN1CCCS1(=O)=O. The molecular weight excluding hydrogens is 284 g/mol. The Morgan fingerprint density at radius 1 is 1.30 bits per heavy atom. The van der Waals surface area contributed by atoms with Gasteiger partial charge in [0.25, 0.3) is 0 Å². The van der Waals surface area contributed by atoms with Gasteiger partial charge < -0.3 is 10.4 Å². The highest BCUT2D eigenvalue weighted by Gasteiger charge is 2.34. The molecule has 1 fully saturated rings. The predicted octanol–water partition coefficient (Wildman–Crippen LogP) is 0.172. The third-order valence-electron chi connectivity index (χ3n) is 3.77. The van der Waals surface area contributed by atoms with Gasteiger partial charge in [0.05, 0.1) is 18.7 Å². The smallest absolute Gasteiger partial charge is 0.305 e. The van der Waals surface area contributed by atoms with Crippen molar-refractivity contribution in [3.63, 3.8) is 0 Å². The minimum atomic E-state index is -3.32. The van der Waals surface area contributed by atoms with Crippen molar-refractivity contribution in [1.29, 1.82) is 0 Å². The summed E-state index contributed by atoms with van der Waals surface area (Å²) in [6.07, 6.45) is 1.32. The number of carbonyl (C=O) groups excluding carboxylic acids is 1. The van der Waals surface area contributed by atoms with Crippen LogP contribution in [0.5, 0.6) is 0 Å². The molecule has 0 spiro atoms. The summed E-state index contributed by atoms with van der Waals surface area (Å²) < 4.78 is 24.4. The molecule has 0 aliphatic carbocycles. The van der Waals surface area contributed by atoms with Crippen molar-refractivity contribution >= 4 is 21.9 Å². The van der Waals surface area contributed by atoms with Crippen molar-refractivity contribution < 1.29 is 23.1 Å². The third-order valence-corrected chi connectivity index (χ3v) is 5.67. The van der Waals surface area contributed by atoms with Gasteiger partial charge in [-0.15, -0.1) is 0 Å². The zero-order chi connectivity index (χ0) is 15.4. The Labute approximate surface area is 119 Å². The molecule has 0 aromatic heterocycles. The van der Waals surface area contributed by atoms with Gasteiger partial charge in [-0.25, -0.2) is 8.42 Å². The molecule has 0 atom stereocenters. The lowest BCUT2D eigenvalue weighted by Crippen LogP contribution is -2.52. The second-order valence-corrected chi connectivity index (χ2v) is 7.20. The van der Waals surface area contributed by atoms with Crippen LogP contribution in [0.1, 0.15) is 39.5 Å². The Kier molecular flexibility index (Phi) is 5.52. The highest BCUT2D eigenvalue weighted by atomic mass is 32.2. The molecule has 0 unspecified atom stereocenters. The second kappa shape index (κ2) is 6.53. The van der Waals surface area contributed by atoms with Crippen LogP contribution in [0.15, 0.2) is 0 Å². The molecule has 8 heteroatoms. The topological polar surface area (TPSA) is 104 Å². The maximum Gasteiger partial charge on any atom is 0.305 e. The Morgan fingerprint density at radius 2 is 1.90 bits per heavy atom. The number of nitrogens with one attached hydrogen (secondary N) is 1. The van der Waals surface area contributed by atoms with Crippen molar-refractivity contribution in [3.8, 4) is 0 Å². The van der Waals surface area contributed by atoms with E-state index in [1.165, 1.54) is 0 Å². The fraction of sp³-hybridized carbons (Fsp3) is 0.833. The zero-order valence-electron chi connectivity index (χ0n) is 11.9. The lowest BCUT2D eigenvalue weighted by Gasteiger charge is -2.32. The molecule has 2 N–H and O–H groups in total. The number of hydrogen-bond donors (Lipinski definition) is 2. The van der Waals surface area contributed by atoms with Gasteiger partial charge in [-0.2, -0.15) is 4.31 Å². The van der Waals surface area contributed by atoms with Crippen molar-refractivity contribution in [2.45, 2.75) is 45.1 Å². The normalized spacial score (nSPS) is 18.9. The van der Waals surface area contributed by atoms with E-state index in [-0.39, 0.29) is 18.7 Å². The number of amides is 1. The van der Waals surface area contributed by atoms with Gasteiger partial charge in [0.1, 0.15) is 0 Å². The van der Waals surface area contributed by atoms with Crippen LogP contribution in [0.2, 0.25) is 0 Å². The Bertz CT molecular complexity index is 470. The number of sulfonamides is 1. The molecule has 1 saturated heterocycles. The van der Waals surface area contributed by atoms with E-state index in [0.717, 1.165) is 4.31 Å². The van der Waals surface area contributed by atoms with Crippen LogP contribution >= 0.6 is 0 Å². The Morgan fingerprint density at radius 3 is 2.30 bits per heavy atom. The number of rotatable bonds is 7. The summed E-state index contributed by atoms with van der Waals surface area (Å²) in [5.41, 5.74) is -0.813. The molecule has 116 valence electrons. The van der Waals surface area contributed by atoms with Gasteiger partial charge in [-0.3, -0.25) is 9.59 Å². The van der Waals surface area contributed by atoms with Gasteiger partial charge in [-0.05, 0) is 19.3 Å². The van der Waals surface area contributed by atoms with Crippen LogP contribution in [-0.2, 0) is 19.6 Å². The fourth-order valence-electron chi connectivity index (χ4n) is 2.37. The molecular formula is C12H22N2O5S. The largest absolute Gasteiger partial charge is 0.481 e. The van der Waals surface area contributed by atoms with E-state index < -0.39 is 27.4 Å². The minimum Gasteiger partial charge on any atom is -0.481 e. The van der Waals surface area contributed by atoms with Crippen molar-refractivity contribution in [2.75, 3.05) is 18.8 Å². The molecule has 0 aromatic rings. The standard InChI is InChI=1S/C12H22N2O5S/c1-3-12(4-2,8-11(16)17)13-10(15)9-14-6-5-7-20(14,18)19/h3-9H2,1-2H3,(H,13,15)(H,16,17). The monoisotopic (exact) mass is 306 g/mol. The van der Waals surface area contributed by atoms with Crippen LogP contribution in [0.25, 0.3) is 0 Å².